The minimum atomic E-state index is -3.46. The van der Waals surface area contributed by atoms with E-state index in [-0.39, 0.29) is 4.90 Å². The number of nitrogens with one attached hydrogen (secondary N) is 2. The quantitative estimate of drug-likeness (QED) is 0.810. The molecule has 0 atom stereocenters. The van der Waals surface area contributed by atoms with E-state index < -0.39 is 10.0 Å². The van der Waals surface area contributed by atoms with E-state index in [0.29, 0.717) is 18.8 Å². The summed E-state index contributed by atoms with van der Waals surface area (Å²) in [6.07, 6.45) is 2.52. The lowest BCUT2D eigenvalue weighted by Crippen LogP contribution is -2.24. The maximum atomic E-state index is 12.1. The average Bonchev–Trinajstić information content (AvgIpc) is 2.85. The number of sulfonamides is 1. The Bertz CT molecular complexity index is 695. The van der Waals surface area contributed by atoms with E-state index in [2.05, 4.69) is 15.1 Å². The van der Waals surface area contributed by atoms with Crippen molar-refractivity contribution in [3.63, 3.8) is 0 Å². The normalized spacial score (nSPS) is 11.5. The summed E-state index contributed by atoms with van der Waals surface area (Å²) >= 11 is 0. The summed E-state index contributed by atoms with van der Waals surface area (Å²) in [6.45, 7) is 2.76. The van der Waals surface area contributed by atoms with Crippen molar-refractivity contribution in [2.24, 2.45) is 7.05 Å². The first-order valence-corrected chi connectivity index (χ1v) is 8.32. The summed E-state index contributed by atoms with van der Waals surface area (Å²) in [5, 5.41) is 7.29. The minimum Gasteiger partial charge on any atom is -0.384 e. The van der Waals surface area contributed by atoms with Gasteiger partial charge in [0.25, 0.3) is 0 Å². The molecule has 0 bridgehead atoms. The van der Waals surface area contributed by atoms with E-state index in [0.717, 1.165) is 12.1 Å². The monoisotopic (exact) mass is 308 g/mol. The van der Waals surface area contributed by atoms with Crippen LogP contribution in [0.2, 0.25) is 0 Å². The second-order valence-corrected chi connectivity index (χ2v) is 6.36. The molecule has 21 heavy (non-hydrogen) atoms. The van der Waals surface area contributed by atoms with Gasteiger partial charge in [-0.05, 0) is 18.2 Å². The van der Waals surface area contributed by atoms with E-state index in [9.17, 15) is 8.42 Å². The van der Waals surface area contributed by atoms with Gasteiger partial charge in [0.1, 0.15) is 4.90 Å². The molecule has 0 saturated heterocycles. The van der Waals surface area contributed by atoms with Crippen molar-refractivity contribution in [3.8, 4) is 0 Å². The number of rotatable bonds is 7. The smallest absolute Gasteiger partial charge is 0.242 e. The first kappa shape index (κ1) is 15.5. The van der Waals surface area contributed by atoms with Gasteiger partial charge in [0.05, 0.1) is 5.69 Å². The van der Waals surface area contributed by atoms with Crippen LogP contribution in [0.15, 0.2) is 41.4 Å². The van der Waals surface area contributed by atoms with Gasteiger partial charge >= 0.3 is 0 Å². The third kappa shape index (κ3) is 3.83. The van der Waals surface area contributed by atoms with Crippen LogP contribution in [0.3, 0.4) is 0 Å². The van der Waals surface area contributed by atoms with Crippen LogP contribution in [0.25, 0.3) is 0 Å². The van der Waals surface area contributed by atoms with Crippen LogP contribution in [0.1, 0.15) is 12.6 Å². The number of hydrogen-bond acceptors (Lipinski definition) is 4. The van der Waals surface area contributed by atoms with E-state index in [1.54, 1.807) is 31.3 Å². The Labute approximate surface area is 125 Å². The Kier molecular flexibility index (Phi) is 4.98. The zero-order chi connectivity index (χ0) is 15.3. The highest BCUT2D eigenvalue weighted by Gasteiger charge is 2.16. The molecule has 1 heterocycles. The molecule has 2 aromatic rings. The Morgan fingerprint density at radius 2 is 2.00 bits per heavy atom. The van der Waals surface area contributed by atoms with Gasteiger partial charge in [-0.2, -0.15) is 5.10 Å². The molecule has 0 aliphatic rings. The number of para-hydroxylation sites is 1. The zero-order valence-electron chi connectivity index (χ0n) is 12.2. The van der Waals surface area contributed by atoms with Crippen LogP contribution in [-0.4, -0.2) is 31.3 Å². The molecule has 0 saturated carbocycles. The molecule has 114 valence electrons. The van der Waals surface area contributed by atoms with Crippen LogP contribution in [0.4, 0.5) is 5.69 Å². The maximum Gasteiger partial charge on any atom is 0.242 e. The predicted octanol–water partition coefficient (Wildman–Crippen LogP) is 1.37. The van der Waals surface area contributed by atoms with Gasteiger partial charge in [-0.1, -0.05) is 19.1 Å². The number of aromatic nitrogens is 2. The molecule has 0 radical (unpaired) electrons. The second-order valence-electron chi connectivity index (χ2n) is 4.62. The van der Waals surface area contributed by atoms with Crippen LogP contribution >= 0.6 is 0 Å². The fraction of sp³-hybridized carbons (Fsp3) is 0.357. The Hall–Kier alpha value is -1.86. The molecule has 0 unspecified atom stereocenters. The molecule has 7 heteroatoms. The maximum absolute atomic E-state index is 12.1. The molecule has 0 aliphatic carbocycles. The fourth-order valence-electron chi connectivity index (χ4n) is 2.09. The number of nitrogens with zero attached hydrogens (tertiary/aromatic N) is 2. The van der Waals surface area contributed by atoms with Gasteiger partial charge in [0.15, 0.2) is 0 Å². The van der Waals surface area contributed by atoms with Crippen LogP contribution in [0.5, 0.6) is 0 Å². The number of hydrogen-bond donors (Lipinski definition) is 2. The van der Waals surface area contributed by atoms with Crippen molar-refractivity contribution in [2.45, 2.75) is 18.2 Å². The topological polar surface area (TPSA) is 76.0 Å². The van der Waals surface area contributed by atoms with E-state index in [1.807, 2.05) is 23.9 Å². The SMILES string of the molecule is CCNS(=O)(=O)c1ccccc1NCCc1ccnn1C. The van der Waals surface area contributed by atoms with Crippen LogP contribution in [0, 0.1) is 0 Å². The molecule has 0 aliphatic heterocycles. The van der Waals surface area contributed by atoms with Crippen molar-refractivity contribution >= 4 is 15.7 Å². The predicted molar refractivity (Wildman–Crippen MR) is 82.7 cm³/mol. The third-order valence-corrected chi connectivity index (χ3v) is 4.73. The molecular formula is C14H20N4O2S. The van der Waals surface area contributed by atoms with Crippen molar-refractivity contribution in [3.05, 3.63) is 42.2 Å². The highest BCUT2D eigenvalue weighted by atomic mass is 32.2. The van der Waals surface area contributed by atoms with Crippen molar-refractivity contribution in [1.82, 2.24) is 14.5 Å². The highest BCUT2D eigenvalue weighted by molar-refractivity contribution is 7.89. The fourth-order valence-corrected chi connectivity index (χ4v) is 3.31. The Balaban J connectivity index is 2.09. The second kappa shape index (κ2) is 6.73. The number of anilines is 1. The summed E-state index contributed by atoms with van der Waals surface area (Å²) in [5.74, 6) is 0. The average molecular weight is 308 g/mol. The molecule has 6 nitrogen and oxygen atoms in total. The van der Waals surface area contributed by atoms with Gasteiger partial charge in [0.2, 0.25) is 10.0 Å². The number of benzene rings is 1. The third-order valence-electron chi connectivity index (χ3n) is 3.13. The summed E-state index contributed by atoms with van der Waals surface area (Å²) in [7, 11) is -1.58. The minimum absolute atomic E-state index is 0.275. The summed E-state index contributed by atoms with van der Waals surface area (Å²) in [6, 6.07) is 8.86. The molecule has 1 aromatic heterocycles. The first-order valence-electron chi connectivity index (χ1n) is 6.84. The zero-order valence-corrected chi connectivity index (χ0v) is 13.0. The van der Waals surface area contributed by atoms with Gasteiger partial charge in [0, 0.05) is 38.4 Å². The van der Waals surface area contributed by atoms with Crippen LogP contribution < -0.4 is 10.0 Å². The molecule has 2 rings (SSSR count). The van der Waals surface area contributed by atoms with Gasteiger partial charge in [-0.3, -0.25) is 4.68 Å². The lowest BCUT2D eigenvalue weighted by atomic mass is 10.3. The molecule has 0 spiro atoms. The molecule has 0 fully saturated rings. The van der Waals surface area contributed by atoms with Crippen molar-refractivity contribution < 1.29 is 8.42 Å². The number of aryl methyl sites for hydroxylation is 1. The van der Waals surface area contributed by atoms with Crippen molar-refractivity contribution in [2.75, 3.05) is 18.4 Å². The Morgan fingerprint density at radius 1 is 1.24 bits per heavy atom. The van der Waals surface area contributed by atoms with Gasteiger partial charge < -0.3 is 5.32 Å². The first-order chi connectivity index (χ1) is 10.0. The standard InChI is InChI=1S/C14H20N4O2S/c1-3-17-21(19,20)14-7-5-4-6-13(14)15-10-8-12-9-11-16-18(12)2/h4-7,9,11,15,17H,3,8,10H2,1-2H3. The van der Waals surface area contributed by atoms with Gasteiger partial charge in [-0.25, -0.2) is 13.1 Å². The van der Waals surface area contributed by atoms with Crippen molar-refractivity contribution in [1.29, 1.82) is 0 Å². The lowest BCUT2D eigenvalue weighted by molar-refractivity contribution is 0.584. The summed E-state index contributed by atoms with van der Waals surface area (Å²) < 4.78 is 28.6. The summed E-state index contributed by atoms with van der Waals surface area (Å²) in [4.78, 5) is 0.275. The molecule has 1 aromatic carbocycles. The molecule has 0 amide bonds. The lowest BCUT2D eigenvalue weighted by Gasteiger charge is -2.12. The molecular weight excluding hydrogens is 288 g/mol. The summed E-state index contributed by atoms with van der Waals surface area (Å²) in [5.41, 5.74) is 1.70. The highest BCUT2D eigenvalue weighted by Crippen LogP contribution is 2.20. The van der Waals surface area contributed by atoms with E-state index >= 15 is 0 Å². The van der Waals surface area contributed by atoms with Crippen LogP contribution in [-0.2, 0) is 23.5 Å². The van der Waals surface area contributed by atoms with E-state index in [4.69, 9.17) is 0 Å². The Morgan fingerprint density at radius 3 is 2.67 bits per heavy atom. The van der Waals surface area contributed by atoms with E-state index in [1.165, 1.54) is 0 Å². The largest absolute Gasteiger partial charge is 0.384 e. The molecule has 2 N–H and O–H groups in total. The van der Waals surface area contributed by atoms with Gasteiger partial charge in [-0.15, -0.1) is 0 Å².